The molecule has 1 aromatic rings. The van der Waals surface area contributed by atoms with Crippen LogP contribution in [0.15, 0.2) is 29.3 Å². The Kier molecular flexibility index (Phi) is 8.96. The summed E-state index contributed by atoms with van der Waals surface area (Å²) in [4.78, 5) is 17.1. The molecule has 10 heteroatoms. The molecule has 0 bridgehead atoms. The third-order valence-electron chi connectivity index (χ3n) is 5.85. The molecule has 0 aliphatic carbocycles. The van der Waals surface area contributed by atoms with Crippen molar-refractivity contribution in [2.75, 3.05) is 7.11 Å². The Morgan fingerprint density at radius 2 is 1.91 bits per heavy atom. The predicted octanol–water partition coefficient (Wildman–Crippen LogP) is 4.64. The number of carbonyl (C=O) groups excluding carboxylic acids is 1. The second-order valence-corrected chi connectivity index (χ2v) is 18.1. The Bertz CT molecular complexity index is 899. The molecule has 196 valence electrons. The molecule has 35 heavy (non-hydrogen) atoms. The number of thioether (sulfide) groups is 1. The number of aliphatic hydroxyl groups is 1. The Morgan fingerprint density at radius 3 is 2.49 bits per heavy atom. The van der Waals surface area contributed by atoms with Gasteiger partial charge in [0, 0.05) is 14.0 Å². The highest BCUT2D eigenvalue weighted by Gasteiger charge is 2.50. The van der Waals surface area contributed by atoms with E-state index < -0.39 is 25.9 Å². The summed E-state index contributed by atoms with van der Waals surface area (Å²) >= 11 is 1.34. The number of ether oxygens (including phenoxy) is 4. The number of rotatable bonds is 7. The zero-order chi connectivity index (χ0) is 26.0. The lowest BCUT2D eigenvalue weighted by Gasteiger charge is -2.44. The summed E-state index contributed by atoms with van der Waals surface area (Å²) < 4.78 is 23.4. The molecule has 1 fully saturated rings. The molecule has 8 nitrogen and oxygen atoms in total. The molecule has 2 aliphatic heterocycles. The van der Waals surface area contributed by atoms with Gasteiger partial charge < -0.3 is 24.1 Å². The highest BCUT2D eigenvalue weighted by Crippen LogP contribution is 2.41. The van der Waals surface area contributed by atoms with Gasteiger partial charge in [-0.3, -0.25) is 10.3 Å². The highest BCUT2D eigenvalue weighted by atomic mass is 32.2. The van der Waals surface area contributed by atoms with Crippen LogP contribution in [0.5, 0.6) is 5.75 Å². The Morgan fingerprint density at radius 1 is 1.26 bits per heavy atom. The van der Waals surface area contributed by atoms with E-state index in [-0.39, 0.29) is 29.6 Å². The average molecular weight is 525 g/mol. The van der Waals surface area contributed by atoms with Crippen molar-refractivity contribution in [3.63, 3.8) is 0 Å². The number of aliphatic imine (C=N–C) groups is 1. The Hall–Kier alpha value is -1.59. The van der Waals surface area contributed by atoms with Crippen molar-refractivity contribution < 1.29 is 28.8 Å². The molecule has 0 radical (unpaired) electrons. The lowest BCUT2D eigenvalue weighted by atomic mass is 9.87. The number of aliphatic hydroxyl groups excluding tert-OH is 1. The minimum Gasteiger partial charge on any atom is -0.497 e. The number of benzene rings is 1. The minimum atomic E-state index is -1.52. The van der Waals surface area contributed by atoms with Crippen molar-refractivity contribution in [2.45, 2.75) is 95.4 Å². The Labute approximate surface area is 214 Å². The molecule has 2 aliphatic rings. The van der Waals surface area contributed by atoms with Crippen LogP contribution in [0, 0.1) is 5.92 Å². The van der Waals surface area contributed by atoms with Gasteiger partial charge in [-0.2, -0.15) is 0 Å². The minimum absolute atomic E-state index is 0.0916. The quantitative estimate of drug-likeness (QED) is 0.502. The second-order valence-electron chi connectivity index (χ2n) is 11.5. The first-order valence-corrected chi connectivity index (χ1v) is 16.7. The number of methoxy groups -OCH3 is 1. The van der Waals surface area contributed by atoms with E-state index in [0.29, 0.717) is 11.8 Å². The molecule has 0 spiro atoms. The van der Waals surface area contributed by atoms with Gasteiger partial charge in [-0.15, -0.1) is 0 Å². The van der Waals surface area contributed by atoms with E-state index >= 15 is 0 Å². The van der Waals surface area contributed by atoms with E-state index in [1.165, 1.54) is 11.8 Å². The maximum absolute atomic E-state index is 12.3. The van der Waals surface area contributed by atoms with Crippen molar-refractivity contribution in [3.8, 4) is 5.75 Å². The van der Waals surface area contributed by atoms with Gasteiger partial charge in [0.2, 0.25) is 0 Å². The topological polar surface area (TPSA) is 98.6 Å². The van der Waals surface area contributed by atoms with Crippen LogP contribution in [0.25, 0.3) is 0 Å². The standard InChI is InChI=1S/C25H40N2O6SSi/c1-15-20(18(28)14-35(6,7)8)32-22-19(26-23(34-22)27-24(29)33-25(2,3)4)21(15)31-13-16-9-11-17(30-5)12-10-16/h9-12,15,18-22,28H,13-14H2,1-8H3,(H,26,27,29)/t15-,18?,19-,20+,21+,22-/m1/s1. The molecule has 0 saturated carbocycles. The van der Waals surface area contributed by atoms with Gasteiger partial charge in [0.05, 0.1) is 32.0 Å². The molecule has 2 N–H and O–H groups in total. The zero-order valence-corrected chi connectivity index (χ0v) is 23.8. The van der Waals surface area contributed by atoms with E-state index in [0.717, 1.165) is 17.4 Å². The highest BCUT2D eigenvalue weighted by molar-refractivity contribution is 8.14. The summed E-state index contributed by atoms with van der Waals surface area (Å²) in [6.45, 7) is 14.6. The van der Waals surface area contributed by atoms with Crippen LogP contribution in [-0.4, -0.2) is 66.9 Å². The number of nitrogens with one attached hydrogen (secondary N) is 1. The summed E-state index contributed by atoms with van der Waals surface area (Å²) in [5.41, 5.74) is 0.0436. The van der Waals surface area contributed by atoms with Crippen molar-refractivity contribution in [2.24, 2.45) is 10.9 Å². The van der Waals surface area contributed by atoms with Crippen LogP contribution in [0.4, 0.5) is 4.79 Å². The van der Waals surface area contributed by atoms with Gasteiger partial charge in [0.1, 0.15) is 22.8 Å². The maximum Gasteiger partial charge on any atom is 0.413 e. The van der Waals surface area contributed by atoms with Crippen molar-refractivity contribution in [1.82, 2.24) is 5.32 Å². The summed E-state index contributed by atoms with van der Waals surface area (Å²) in [6, 6.07) is 8.18. The molecule has 0 aromatic heterocycles. The van der Waals surface area contributed by atoms with Gasteiger partial charge in [0.25, 0.3) is 0 Å². The van der Waals surface area contributed by atoms with Gasteiger partial charge in [0.15, 0.2) is 5.17 Å². The number of hydrogen-bond acceptors (Lipinski definition) is 8. The molecule has 3 rings (SSSR count). The maximum atomic E-state index is 12.3. The van der Waals surface area contributed by atoms with Crippen LogP contribution < -0.4 is 10.1 Å². The number of amidine groups is 1. The van der Waals surface area contributed by atoms with E-state index in [2.05, 4.69) is 25.0 Å². The molecule has 1 unspecified atom stereocenters. The van der Waals surface area contributed by atoms with Crippen LogP contribution in [0.3, 0.4) is 0 Å². The molecule has 2 heterocycles. The molecular formula is C25H40N2O6SSi. The third-order valence-corrected chi connectivity index (χ3v) is 8.54. The SMILES string of the molecule is COc1ccc(CO[C@H]2[C@H](C)[C@@H](C(O)C[Si](C)(C)C)O[C@@H]3SC(NC(=O)OC(C)(C)C)=N[C@H]23)cc1. The predicted molar refractivity (Wildman–Crippen MR) is 142 cm³/mol. The largest absolute Gasteiger partial charge is 0.497 e. The summed E-state index contributed by atoms with van der Waals surface area (Å²) in [5, 5.41) is 14.3. The molecular weight excluding hydrogens is 484 g/mol. The van der Waals surface area contributed by atoms with Crippen LogP contribution in [0.1, 0.15) is 33.3 Å². The normalized spacial score (nSPS) is 27.6. The number of amides is 1. The first-order chi connectivity index (χ1) is 16.3. The van der Waals surface area contributed by atoms with E-state index in [1.807, 2.05) is 52.0 Å². The molecule has 1 saturated heterocycles. The molecule has 1 amide bonds. The number of carbonyl (C=O) groups is 1. The smallest absolute Gasteiger partial charge is 0.413 e. The lowest BCUT2D eigenvalue weighted by molar-refractivity contribution is -0.165. The van der Waals surface area contributed by atoms with Gasteiger partial charge in [-0.1, -0.05) is 50.5 Å². The van der Waals surface area contributed by atoms with Crippen LogP contribution in [-0.2, 0) is 20.8 Å². The van der Waals surface area contributed by atoms with Crippen molar-refractivity contribution in [3.05, 3.63) is 29.8 Å². The van der Waals surface area contributed by atoms with Gasteiger partial charge >= 0.3 is 6.09 Å². The number of hydrogen-bond donors (Lipinski definition) is 2. The molecule has 1 aromatic carbocycles. The fraction of sp³-hybridized carbons (Fsp3) is 0.680. The van der Waals surface area contributed by atoms with Gasteiger partial charge in [-0.05, 0) is 44.5 Å². The van der Waals surface area contributed by atoms with Crippen LogP contribution >= 0.6 is 11.8 Å². The average Bonchev–Trinajstić information content (AvgIpc) is 3.12. The Balaban J connectivity index is 1.77. The fourth-order valence-corrected chi connectivity index (χ4v) is 6.89. The van der Waals surface area contributed by atoms with E-state index in [4.69, 9.17) is 23.9 Å². The summed E-state index contributed by atoms with van der Waals surface area (Å²) in [5.74, 6) is 0.698. The van der Waals surface area contributed by atoms with Gasteiger partial charge in [-0.25, -0.2) is 4.79 Å². The zero-order valence-electron chi connectivity index (χ0n) is 22.0. The van der Waals surface area contributed by atoms with E-state index in [9.17, 15) is 9.90 Å². The lowest BCUT2D eigenvalue weighted by Crippen LogP contribution is -2.55. The van der Waals surface area contributed by atoms with Crippen molar-refractivity contribution in [1.29, 1.82) is 0 Å². The monoisotopic (exact) mass is 524 g/mol. The first kappa shape index (κ1) is 28.0. The number of alkyl carbamates (subject to hydrolysis) is 1. The fourth-order valence-electron chi connectivity index (χ4n) is 4.32. The molecule has 6 atom stereocenters. The summed E-state index contributed by atoms with van der Waals surface area (Å²) in [6.07, 6.45) is -1.82. The summed E-state index contributed by atoms with van der Waals surface area (Å²) in [7, 11) is 0.119. The van der Waals surface area contributed by atoms with Crippen molar-refractivity contribution >= 4 is 31.1 Å². The van der Waals surface area contributed by atoms with Crippen LogP contribution in [0.2, 0.25) is 25.7 Å². The number of fused-ring (bicyclic) bond motifs is 1. The third kappa shape index (κ3) is 7.95. The second kappa shape index (κ2) is 11.2. The number of nitrogens with zero attached hydrogens (tertiary/aromatic N) is 1. The van der Waals surface area contributed by atoms with E-state index in [1.54, 1.807) is 7.11 Å². The first-order valence-electron chi connectivity index (χ1n) is 12.1.